The molecule has 6 aromatic rings. The Hall–Kier alpha value is -4.29. The molecule has 0 saturated carbocycles. The highest BCUT2D eigenvalue weighted by molar-refractivity contribution is 7.23. The summed E-state index contributed by atoms with van der Waals surface area (Å²) in [5, 5.41) is 20.5. The van der Waals surface area contributed by atoms with Crippen LogP contribution >= 0.6 is 45.3 Å². The smallest absolute Gasteiger partial charge is 0.411 e. The van der Waals surface area contributed by atoms with E-state index in [2.05, 4.69) is 125 Å². The summed E-state index contributed by atoms with van der Waals surface area (Å²) in [4.78, 5) is 53.1. The average molecular weight is 1010 g/mol. The Morgan fingerprint density at radius 1 is 0.739 bits per heavy atom. The number of thiazole rings is 2. The minimum atomic E-state index is -0.570. The van der Waals surface area contributed by atoms with Gasteiger partial charge in [0.2, 0.25) is 11.8 Å². The Bertz CT molecular complexity index is 2780. The molecule has 0 fully saturated rings. The predicted molar refractivity (Wildman–Crippen MR) is 292 cm³/mol. The van der Waals surface area contributed by atoms with Crippen LogP contribution in [-0.2, 0) is 27.2 Å². The van der Waals surface area contributed by atoms with E-state index in [9.17, 15) is 14.4 Å². The summed E-state index contributed by atoms with van der Waals surface area (Å²) in [5.41, 5.74) is 8.43. The number of nitrogens with one attached hydrogen (secondary N) is 5. The second kappa shape index (κ2) is 22.4. The van der Waals surface area contributed by atoms with Crippen molar-refractivity contribution in [2.45, 2.75) is 170 Å². The Morgan fingerprint density at radius 2 is 1.22 bits per heavy atom. The summed E-state index contributed by atoms with van der Waals surface area (Å²) >= 11 is 6.62. The number of amides is 3. The van der Waals surface area contributed by atoms with E-state index in [0.29, 0.717) is 50.5 Å². The summed E-state index contributed by atoms with van der Waals surface area (Å²) in [6.07, 6.45) is 4.25. The lowest BCUT2D eigenvalue weighted by Gasteiger charge is -2.39. The molecule has 4 aromatic heterocycles. The molecule has 372 valence electrons. The van der Waals surface area contributed by atoms with Gasteiger partial charge in [-0.15, -0.1) is 45.3 Å². The molecule has 2 aromatic carbocycles. The zero-order chi connectivity index (χ0) is 49.9. The second-order valence-electron chi connectivity index (χ2n) is 20.0. The van der Waals surface area contributed by atoms with Crippen molar-refractivity contribution in [2.75, 3.05) is 23.7 Å². The largest absolute Gasteiger partial charge is 0.444 e. The van der Waals surface area contributed by atoms with E-state index in [1.54, 1.807) is 45.3 Å². The molecular weight excluding hydrogens is 941 g/mol. The van der Waals surface area contributed by atoms with Crippen LogP contribution in [0.25, 0.3) is 41.6 Å². The lowest BCUT2D eigenvalue weighted by Crippen LogP contribution is -2.46. The molecule has 2 aliphatic heterocycles. The molecule has 12 nitrogen and oxygen atoms in total. The highest BCUT2D eigenvalue weighted by Crippen LogP contribution is 2.51. The molecule has 2 aliphatic rings. The van der Waals surface area contributed by atoms with Crippen molar-refractivity contribution in [3.05, 3.63) is 68.4 Å². The van der Waals surface area contributed by atoms with Crippen molar-refractivity contribution in [1.29, 1.82) is 0 Å². The number of thiophene rings is 2. The first-order valence-corrected chi connectivity index (χ1v) is 27.9. The third kappa shape index (κ3) is 12.6. The van der Waals surface area contributed by atoms with Gasteiger partial charge in [0, 0.05) is 77.0 Å². The highest BCUT2D eigenvalue weighted by Gasteiger charge is 2.40. The Morgan fingerprint density at radius 3 is 1.70 bits per heavy atom. The number of carbonyl (C=O) groups excluding carboxylic acids is 3. The predicted octanol–water partition coefficient (Wildman–Crippen LogP) is 12.9. The summed E-state index contributed by atoms with van der Waals surface area (Å²) in [6, 6.07) is 14.0. The number of hydrogen-bond acceptors (Lipinski definition) is 13. The van der Waals surface area contributed by atoms with E-state index in [4.69, 9.17) is 14.7 Å². The molecule has 6 heterocycles. The number of nitrogens with zero attached hydrogens (tertiary/aromatic N) is 3. The zero-order valence-electron chi connectivity index (χ0n) is 42.7. The van der Waals surface area contributed by atoms with Gasteiger partial charge in [-0.2, -0.15) is 0 Å². The van der Waals surface area contributed by atoms with Crippen LogP contribution < -0.4 is 26.6 Å². The summed E-state index contributed by atoms with van der Waals surface area (Å²) in [6.45, 7) is 28.2. The quantitative estimate of drug-likeness (QED) is 0.0719. The van der Waals surface area contributed by atoms with Crippen LogP contribution in [0.5, 0.6) is 0 Å². The van der Waals surface area contributed by atoms with E-state index in [1.807, 2.05) is 32.6 Å². The van der Waals surface area contributed by atoms with E-state index >= 15 is 0 Å². The molecule has 0 spiro atoms. The van der Waals surface area contributed by atoms with E-state index < -0.39 is 5.60 Å². The highest BCUT2D eigenvalue weighted by atomic mass is 32.1. The monoisotopic (exact) mass is 1010 g/mol. The summed E-state index contributed by atoms with van der Waals surface area (Å²) in [7, 11) is 0. The topological polar surface area (TPSA) is 150 Å². The van der Waals surface area contributed by atoms with Crippen LogP contribution in [0.15, 0.2) is 36.4 Å². The minimum Gasteiger partial charge on any atom is -0.444 e. The number of aryl methyl sites for hydroxylation is 2. The summed E-state index contributed by atoms with van der Waals surface area (Å²) < 4.78 is 8.05. The molecule has 0 saturated heterocycles. The number of carbonyl (C=O) groups is 3. The van der Waals surface area contributed by atoms with Gasteiger partial charge < -0.3 is 31.3 Å². The van der Waals surface area contributed by atoms with Gasteiger partial charge in [-0.25, -0.2) is 14.8 Å². The number of aromatic nitrogens is 2. The number of rotatable bonds is 14. The van der Waals surface area contributed by atoms with Gasteiger partial charge >= 0.3 is 6.09 Å². The van der Waals surface area contributed by atoms with Crippen molar-refractivity contribution in [2.24, 2.45) is 0 Å². The Kier molecular flexibility index (Phi) is 17.1. The molecule has 0 bridgehead atoms. The van der Waals surface area contributed by atoms with Crippen LogP contribution in [0, 0.1) is 13.8 Å². The first kappa shape index (κ1) is 52.5. The second-order valence-corrected chi connectivity index (χ2v) is 24.2. The molecule has 69 heavy (non-hydrogen) atoms. The van der Waals surface area contributed by atoms with E-state index in [1.165, 1.54) is 31.8 Å². The van der Waals surface area contributed by atoms with Gasteiger partial charge in [-0.3, -0.25) is 14.5 Å². The number of hydrogen-bond donors (Lipinski definition) is 5. The third-order valence-corrected chi connectivity index (χ3v) is 17.6. The maximum absolute atomic E-state index is 13.2. The van der Waals surface area contributed by atoms with Gasteiger partial charge in [0.15, 0.2) is 0 Å². The molecule has 16 heteroatoms. The van der Waals surface area contributed by atoms with Gasteiger partial charge in [-0.1, -0.05) is 26.0 Å². The number of benzene rings is 2. The standard InChI is InChI=1S/C29H40N4O3S2.C24H32N4OS2/c1-9-17(3)30-13-12-23(34)32-27-24(26-31-21-14-16(2)10-11-22(21)37-26)20-15-18(4)33(19(5)25(20)38-27)28(35)36-29(6,7)8;1-6-14(3)25-10-9-20(29)28-24-21(17-12-15(4)26-16(5)22(17)31-24)23-27-18-11-13(2)7-8-19(18)30-23/h10-11,14,17-19,30H,9,12-13,15H2,1-8H3,(H,32,34);7-8,11,14-16,25-26H,6,9-10,12H2,1-5H3,(H,28,29)/t17-,18?,19?;14-,15?,16?/m00/s1. The number of ether oxygens (including phenoxy) is 1. The van der Waals surface area contributed by atoms with Crippen molar-refractivity contribution in [3.8, 4) is 21.1 Å². The zero-order valence-corrected chi connectivity index (χ0v) is 46.0. The fourth-order valence-corrected chi connectivity index (χ4v) is 13.7. The van der Waals surface area contributed by atoms with Crippen molar-refractivity contribution < 1.29 is 19.1 Å². The van der Waals surface area contributed by atoms with Crippen LogP contribution in [0.1, 0.15) is 146 Å². The Balaban J connectivity index is 0.000000208. The lowest BCUT2D eigenvalue weighted by atomic mass is 9.93. The molecule has 6 atom stereocenters. The van der Waals surface area contributed by atoms with Crippen LogP contribution in [-0.4, -0.2) is 75.6 Å². The maximum Gasteiger partial charge on any atom is 0.411 e. The number of fused-ring (bicyclic) bond motifs is 4. The van der Waals surface area contributed by atoms with Crippen molar-refractivity contribution in [1.82, 2.24) is 30.8 Å². The van der Waals surface area contributed by atoms with E-state index in [0.717, 1.165) is 71.0 Å². The molecule has 0 radical (unpaired) electrons. The maximum atomic E-state index is 13.2. The van der Waals surface area contributed by atoms with Gasteiger partial charge in [-0.05, 0) is 148 Å². The number of anilines is 2. The minimum absolute atomic E-state index is 0.0256. The van der Waals surface area contributed by atoms with Crippen LogP contribution in [0.3, 0.4) is 0 Å². The lowest BCUT2D eigenvalue weighted by molar-refractivity contribution is -0.116. The van der Waals surface area contributed by atoms with Gasteiger partial charge in [0.05, 0.1) is 26.5 Å². The Labute approximate surface area is 424 Å². The van der Waals surface area contributed by atoms with Crippen molar-refractivity contribution in [3.63, 3.8) is 0 Å². The average Bonchev–Trinajstić information content (AvgIpc) is 4.05. The molecular formula is C53H72N8O4S4. The van der Waals surface area contributed by atoms with Gasteiger partial charge in [0.25, 0.3) is 0 Å². The molecule has 5 N–H and O–H groups in total. The SMILES string of the molecule is CC[C@H](C)NCCC(=O)Nc1sc2c(c1-c1nc3cc(C)ccc3s1)CC(C)N(C(=O)OC(C)(C)C)C2C.CC[C@H](C)NCCC(=O)Nc1sc2c(c1-c1nc3cc(C)ccc3s1)CC(C)NC2C. The molecule has 8 rings (SSSR count). The third-order valence-electron chi connectivity index (χ3n) is 12.8. The molecule has 4 unspecified atom stereocenters. The first-order valence-electron chi connectivity index (χ1n) is 24.6. The van der Waals surface area contributed by atoms with Gasteiger partial charge in [0.1, 0.15) is 25.6 Å². The van der Waals surface area contributed by atoms with Crippen LogP contribution in [0.2, 0.25) is 0 Å². The molecule has 3 amide bonds. The summed E-state index contributed by atoms with van der Waals surface area (Å²) in [5.74, 6) is 0.0311. The van der Waals surface area contributed by atoms with Crippen LogP contribution in [0.4, 0.5) is 14.8 Å². The van der Waals surface area contributed by atoms with E-state index in [-0.39, 0.29) is 36.0 Å². The fraction of sp³-hybridized carbons (Fsp3) is 0.528. The van der Waals surface area contributed by atoms with Crippen molar-refractivity contribution >= 4 is 93.7 Å². The molecule has 0 aliphatic carbocycles. The fourth-order valence-electron chi connectivity index (χ4n) is 8.93. The first-order chi connectivity index (χ1) is 32.7. The normalized spacial score (nSPS) is 18.8.